The molecule has 4 nitrogen and oxygen atoms in total. The number of nitrogens with zero attached hydrogens (tertiary/aromatic N) is 2. The Kier molecular flexibility index (Phi) is 2.61. The van der Waals surface area contributed by atoms with Gasteiger partial charge in [-0.3, -0.25) is 4.90 Å². The highest BCUT2D eigenvalue weighted by Gasteiger charge is 2.46. The maximum absolute atomic E-state index is 7.31. The summed E-state index contributed by atoms with van der Waals surface area (Å²) in [5.74, 6) is 0. The lowest BCUT2D eigenvalue weighted by molar-refractivity contribution is 0.105. The lowest BCUT2D eigenvalue weighted by Crippen LogP contribution is -2.42. The van der Waals surface area contributed by atoms with Crippen LogP contribution in [0.1, 0.15) is 19.3 Å². The Labute approximate surface area is 90.1 Å². The molecule has 0 spiro atoms. The van der Waals surface area contributed by atoms with Crippen LogP contribution in [0.4, 0.5) is 0 Å². The van der Waals surface area contributed by atoms with Crippen LogP contribution < -0.4 is 0 Å². The van der Waals surface area contributed by atoms with E-state index in [0.29, 0.717) is 6.61 Å². The molecule has 0 radical (unpaired) electrons. The molecule has 1 atom stereocenters. The molecule has 82 valence electrons. The normalized spacial score (nSPS) is 30.3. The highest BCUT2D eigenvalue weighted by Crippen LogP contribution is 2.40. The summed E-state index contributed by atoms with van der Waals surface area (Å²) in [6.07, 6.45) is 3.35. The van der Waals surface area contributed by atoms with Crippen LogP contribution in [0.3, 0.4) is 0 Å². The van der Waals surface area contributed by atoms with Crippen LogP contribution in [-0.4, -0.2) is 42.9 Å². The van der Waals surface area contributed by atoms with E-state index in [1.54, 1.807) is 0 Å². The van der Waals surface area contributed by atoms with Gasteiger partial charge in [0, 0.05) is 6.54 Å². The minimum Gasteiger partial charge on any atom is -0.462 e. The summed E-state index contributed by atoms with van der Waals surface area (Å²) < 4.78 is 5.30. The second kappa shape index (κ2) is 3.77. The Bertz CT molecular complexity index is 313. The molecule has 0 aliphatic carbocycles. The van der Waals surface area contributed by atoms with Gasteiger partial charge < -0.3 is 4.74 Å². The van der Waals surface area contributed by atoms with Crippen molar-refractivity contribution in [3.63, 3.8) is 0 Å². The first-order valence-electron chi connectivity index (χ1n) is 5.26. The molecule has 0 unspecified atom stereocenters. The lowest BCUT2D eigenvalue weighted by atomic mass is 9.94. The maximum atomic E-state index is 7.31. The van der Waals surface area contributed by atoms with Crippen molar-refractivity contribution in [2.24, 2.45) is 4.99 Å². The van der Waals surface area contributed by atoms with Gasteiger partial charge in [0.15, 0.2) is 0 Å². The third-order valence-electron chi connectivity index (χ3n) is 3.36. The molecule has 1 N–H and O–H groups in total. The van der Waals surface area contributed by atoms with Crippen molar-refractivity contribution >= 4 is 12.7 Å². The number of rotatable bonds is 2. The van der Waals surface area contributed by atoms with Crippen molar-refractivity contribution in [3.8, 4) is 0 Å². The van der Waals surface area contributed by atoms with Crippen LogP contribution in [0, 0.1) is 5.41 Å². The van der Waals surface area contributed by atoms with Gasteiger partial charge >= 0.3 is 6.02 Å². The van der Waals surface area contributed by atoms with E-state index in [4.69, 9.17) is 10.1 Å². The molecule has 2 saturated heterocycles. The van der Waals surface area contributed by atoms with E-state index in [1.807, 2.05) is 0 Å². The van der Waals surface area contributed by atoms with Crippen molar-refractivity contribution in [2.45, 2.75) is 24.8 Å². The summed E-state index contributed by atoms with van der Waals surface area (Å²) >= 11 is 0. The number of aliphatic imine (C=N–C) groups is 1. The Morgan fingerprint density at radius 3 is 3.20 bits per heavy atom. The molecule has 0 saturated carbocycles. The number of ether oxygens (including phenoxy) is 1. The molecule has 15 heavy (non-hydrogen) atoms. The summed E-state index contributed by atoms with van der Waals surface area (Å²) in [4.78, 5) is 5.87. The van der Waals surface area contributed by atoms with Crippen LogP contribution in [0.5, 0.6) is 0 Å². The highest BCUT2D eigenvalue weighted by molar-refractivity contribution is 5.75. The number of hydrogen-bond donors (Lipinski definition) is 1. The topological polar surface area (TPSA) is 48.7 Å². The molecule has 2 rings (SSSR count). The fourth-order valence-electron chi connectivity index (χ4n) is 2.70. The van der Waals surface area contributed by atoms with Gasteiger partial charge in [-0.15, -0.1) is 0 Å². The zero-order valence-corrected chi connectivity index (χ0v) is 8.96. The van der Waals surface area contributed by atoms with Crippen molar-refractivity contribution in [2.75, 3.05) is 19.7 Å². The molecular weight excluding hydrogens is 190 g/mol. The molecule has 0 aromatic rings. The third kappa shape index (κ3) is 1.81. The van der Waals surface area contributed by atoms with Crippen LogP contribution in [0.15, 0.2) is 17.1 Å². The number of hydrogen-bond acceptors (Lipinski definition) is 3. The van der Waals surface area contributed by atoms with E-state index in [2.05, 4.69) is 23.2 Å². The van der Waals surface area contributed by atoms with Gasteiger partial charge in [0.05, 0.1) is 5.54 Å². The first-order valence-corrected chi connectivity index (χ1v) is 5.26. The first kappa shape index (κ1) is 10.4. The molecule has 0 amide bonds. The molecule has 0 bridgehead atoms. The van der Waals surface area contributed by atoms with Gasteiger partial charge in [0.25, 0.3) is 0 Å². The van der Waals surface area contributed by atoms with Gasteiger partial charge in [0.1, 0.15) is 6.61 Å². The zero-order chi connectivity index (χ0) is 10.9. The summed E-state index contributed by atoms with van der Waals surface area (Å²) in [7, 11) is 0. The number of nitrogens with one attached hydrogen (secondary N) is 1. The van der Waals surface area contributed by atoms with Crippen molar-refractivity contribution in [1.29, 1.82) is 5.41 Å². The smallest absolute Gasteiger partial charge is 0.308 e. The third-order valence-corrected chi connectivity index (χ3v) is 3.36. The number of fused-ring (bicyclic) bond motifs is 1. The molecule has 2 fully saturated rings. The minimum absolute atomic E-state index is 0.0752. The second-order valence-corrected chi connectivity index (χ2v) is 4.43. The fraction of sp³-hybridized carbons (Fsp3) is 0.636. The van der Waals surface area contributed by atoms with Crippen LogP contribution >= 0.6 is 0 Å². The van der Waals surface area contributed by atoms with E-state index in [1.165, 1.54) is 12.0 Å². The largest absolute Gasteiger partial charge is 0.462 e. The lowest BCUT2D eigenvalue weighted by Gasteiger charge is -2.30. The molecule has 2 aliphatic heterocycles. The van der Waals surface area contributed by atoms with E-state index < -0.39 is 0 Å². The van der Waals surface area contributed by atoms with Crippen molar-refractivity contribution in [3.05, 3.63) is 12.2 Å². The van der Waals surface area contributed by atoms with E-state index in [9.17, 15) is 0 Å². The van der Waals surface area contributed by atoms with Crippen LogP contribution in [0.2, 0.25) is 0 Å². The van der Waals surface area contributed by atoms with Crippen LogP contribution in [-0.2, 0) is 4.74 Å². The molecule has 0 aromatic carbocycles. The SMILES string of the molecule is C=NC(=N)OC[C@]12CCCN1CC(=C)C2. The monoisotopic (exact) mass is 207 g/mol. The minimum atomic E-state index is -0.0752. The van der Waals surface area contributed by atoms with Crippen LogP contribution in [0.25, 0.3) is 0 Å². The van der Waals surface area contributed by atoms with Gasteiger partial charge in [-0.25, -0.2) is 10.4 Å². The molecule has 2 aliphatic rings. The maximum Gasteiger partial charge on any atom is 0.308 e. The Balaban J connectivity index is 2.01. The Morgan fingerprint density at radius 2 is 2.47 bits per heavy atom. The second-order valence-electron chi connectivity index (χ2n) is 4.43. The van der Waals surface area contributed by atoms with Gasteiger partial charge in [-0.1, -0.05) is 12.2 Å². The predicted molar refractivity (Wildman–Crippen MR) is 60.5 cm³/mol. The Morgan fingerprint density at radius 1 is 1.67 bits per heavy atom. The van der Waals surface area contributed by atoms with E-state index in [-0.39, 0.29) is 11.6 Å². The van der Waals surface area contributed by atoms with Crippen molar-refractivity contribution < 1.29 is 4.74 Å². The van der Waals surface area contributed by atoms with Gasteiger partial charge in [-0.2, -0.15) is 0 Å². The zero-order valence-electron chi connectivity index (χ0n) is 8.96. The summed E-state index contributed by atoms with van der Waals surface area (Å²) in [6, 6.07) is -0.0752. The Hall–Kier alpha value is -1.16. The molecule has 4 heteroatoms. The van der Waals surface area contributed by atoms with E-state index in [0.717, 1.165) is 25.9 Å². The molecular formula is C11H17N3O. The van der Waals surface area contributed by atoms with Gasteiger partial charge in [0.2, 0.25) is 0 Å². The summed E-state index contributed by atoms with van der Waals surface area (Å²) in [5, 5.41) is 7.31. The highest BCUT2D eigenvalue weighted by atomic mass is 16.5. The first-order chi connectivity index (χ1) is 7.16. The molecule has 2 heterocycles. The standard InChI is InChI=1S/C11H17N3O/c1-9-6-11(8-15-10(12)13-2)4-3-5-14(11)7-9/h12H,1-8H2/t11-/m1/s1. The summed E-state index contributed by atoms with van der Waals surface area (Å²) in [6.45, 7) is 9.97. The quantitative estimate of drug-likeness (QED) is 0.423. The van der Waals surface area contributed by atoms with Gasteiger partial charge in [-0.05, 0) is 32.5 Å². The molecule has 0 aromatic heterocycles. The number of amidine groups is 1. The predicted octanol–water partition coefficient (Wildman–Crippen LogP) is 1.43. The average molecular weight is 207 g/mol. The van der Waals surface area contributed by atoms with Crippen molar-refractivity contribution in [1.82, 2.24) is 4.90 Å². The average Bonchev–Trinajstić information content (AvgIpc) is 2.70. The fourth-order valence-corrected chi connectivity index (χ4v) is 2.70. The van der Waals surface area contributed by atoms with E-state index >= 15 is 0 Å². The summed E-state index contributed by atoms with van der Waals surface area (Å²) in [5.41, 5.74) is 1.37.